The molecule has 0 radical (unpaired) electrons. The van der Waals surface area contributed by atoms with Crippen molar-refractivity contribution in [3.05, 3.63) is 54.1 Å². The number of hydrogen-bond donors (Lipinski definition) is 2. The minimum atomic E-state index is 0.0362. The van der Waals surface area contributed by atoms with Crippen LogP contribution in [0.25, 0.3) is 0 Å². The molecule has 2 aromatic rings. The van der Waals surface area contributed by atoms with Crippen LogP contribution in [0.2, 0.25) is 0 Å². The number of rotatable bonds is 6. The van der Waals surface area contributed by atoms with Crippen molar-refractivity contribution in [1.29, 1.82) is 0 Å². The number of hydrogen-bond acceptors (Lipinski definition) is 3. The van der Waals surface area contributed by atoms with Gasteiger partial charge in [0.1, 0.15) is 5.82 Å². The average molecular weight is 259 g/mol. The highest BCUT2D eigenvalue weighted by atomic mass is 16.3. The maximum atomic E-state index is 9.51. The average Bonchev–Trinajstić information content (AvgIpc) is 2.85. The number of aromatic nitrogens is 2. The van der Waals surface area contributed by atoms with Crippen molar-refractivity contribution in [2.75, 3.05) is 6.61 Å². The molecule has 2 rings (SSSR count). The van der Waals surface area contributed by atoms with Gasteiger partial charge in [-0.25, -0.2) is 4.98 Å². The quantitative estimate of drug-likeness (QED) is 0.829. The number of imidazole rings is 1. The summed E-state index contributed by atoms with van der Waals surface area (Å²) in [6.07, 6.45) is 4.53. The fourth-order valence-electron chi connectivity index (χ4n) is 2.30. The molecule has 0 bridgehead atoms. The molecule has 0 aliphatic rings. The molecule has 19 heavy (non-hydrogen) atoms. The van der Waals surface area contributed by atoms with Crippen LogP contribution >= 0.6 is 0 Å². The minimum Gasteiger partial charge on any atom is -0.395 e. The van der Waals surface area contributed by atoms with Crippen LogP contribution in [-0.4, -0.2) is 27.3 Å². The lowest BCUT2D eigenvalue weighted by atomic mass is 10.1. The molecule has 2 atom stereocenters. The lowest BCUT2D eigenvalue weighted by Crippen LogP contribution is -2.37. The van der Waals surface area contributed by atoms with Crippen molar-refractivity contribution in [2.24, 2.45) is 7.05 Å². The molecule has 0 fully saturated rings. The monoisotopic (exact) mass is 259 g/mol. The van der Waals surface area contributed by atoms with E-state index in [0.717, 1.165) is 12.2 Å². The lowest BCUT2D eigenvalue weighted by Gasteiger charge is -2.21. The topological polar surface area (TPSA) is 50.1 Å². The number of nitrogens with one attached hydrogen (secondary N) is 1. The number of aliphatic hydroxyl groups is 1. The summed E-state index contributed by atoms with van der Waals surface area (Å²) in [6.45, 7) is 2.18. The van der Waals surface area contributed by atoms with Gasteiger partial charge >= 0.3 is 0 Å². The van der Waals surface area contributed by atoms with E-state index in [1.165, 1.54) is 5.56 Å². The molecular weight excluding hydrogens is 238 g/mol. The van der Waals surface area contributed by atoms with Crippen LogP contribution in [0.3, 0.4) is 0 Å². The van der Waals surface area contributed by atoms with E-state index >= 15 is 0 Å². The second-order valence-corrected chi connectivity index (χ2v) is 4.85. The van der Waals surface area contributed by atoms with Crippen LogP contribution in [-0.2, 0) is 13.5 Å². The van der Waals surface area contributed by atoms with Crippen molar-refractivity contribution >= 4 is 0 Å². The Bertz CT molecular complexity index is 495. The molecular formula is C15H21N3O. The third kappa shape index (κ3) is 3.66. The van der Waals surface area contributed by atoms with Crippen LogP contribution in [0, 0.1) is 0 Å². The summed E-state index contributed by atoms with van der Waals surface area (Å²) in [5.74, 6) is 0.978. The summed E-state index contributed by atoms with van der Waals surface area (Å²) in [6, 6.07) is 10.3. The summed E-state index contributed by atoms with van der Waals surface area (Å²) in [7, 11) is 1.98. The zero-order valence-electron chi connectivity index (χ0n) is 11.5. The first-order valence-corrected chi connectivity index (χ1v) is 6.58. The van der Waals surface area contributed by atoms with E-state index < -0.39 is 0 Å². The Morgan fingerprint density at radius 2 is 2.05 bits per heavy atom. The molecule has 1 aromatic heterocycles. The standard InChI is InChI=1S/C15H21N3O/c1-12(15-16-8-9-18(15)2)17-14(11-19)10-13-6-4-3-5-7-13/h3-9,12,14,17,19H,10-11H2,1-2H3. The molecule has 102 valence electrons. The normalized spacial score (nSPS) is 14.3. The van der Waals surface area contributed by atoms with Gasteiger partial charge in [-0.3, -0.25) is 0 Å². The van der Waals surface area contributed by atoms with Gasteiger partial charge in [0.25, 0.3) is 0 Å². The van der Waals surface area contributed by atoms with Gasteiger partial charge < -0.3 is 15.0 Å². The largest absolute Gasteiger partial charge is 0.395 e. The Balaban J connectivity index is 1.98. The Kier molecular flexibility index (Phi) is 4.71. The highest BCUT2D eigenvalue weighted by Crippen LogP contribution is 2.11. The highest BCUT2D eigenvalue weighted by molar-refractivity contribution is 5.16. The van der Waals surface area contributed by atoms with Gasteiger partial charge in [-0.05, 0) is 18.9 Å². The van der Waals surface area contributed by atoms with E-state index in [2.05, 4.69) is 29.4 Å². The van der Waals surface area contributed by atoms with Crippen LogP contribution in [0.1, 0.15) is 24.4 Å². The molecule has 1 aromatic carbocycles. The van der Waals surface area contributed by atoms with Crippen LogP contribution in [0.15, 0.2) is 42.7 Å². The predicted octanol–water partition coefficient (Wildman–Crippen LogP) is 1.67. The zero-order valence-corrected chi connectivity index (χ0v) is 11.5. The molecule has 0 spiro atoms. The Morgan fingerprint density at radius 1 is 1.32 bits per heavy atom. The van der Waals surface area contributed by atoms with Gasteiger partial charge in [-0.15, -0.1) is 0 Å². The molecule has 0 saturated carbocycles. The molecule has 0 aliphatic carbocycles. The SMILES string of the molecule is CC(NC(CO)Cc1ccccc1)c1nccn1C. The van der Waals surface area contributed by atoms with E-state index in [4.69, 9.17) is 0 Å². The molecule has 1 heterocycles. The van der Waals surface area contributed by atoms with Gasteiger partial charge in [0.2, 0.25) is 0 Å². The third-order valence-corrected chi connectivity index (χ3v) is 3.28. The summed E-state index contributed by atoms with van der Waals surface area (Å²) in [5, 5.41) is 12.9. The molecule has 4 nitrogen and oxygen atoms in total. The van der Waals surface area contributed by atoms with Gasteiger partial charge in [0, 0.05) is 25.5 Å². The van der Waals surface area contributed by atoms with E-state index in [-0.39, 0.29) is 18.7 Å². The smallest absolute Gasteiger partial charge is 0.125 e. The molecule has 0 amide bonds. The van der Waals surface area contributed by atoms with Gasteiger partial charge in [-0.1, -0.05) is 30.3 Å². The molecule has 0 aliphatic heterocycles. The van der Waals surface area contributed by atoms with Crippen molar-refractivity contribution in [3.63, 3.8) is 0 Å². The van der Waals surface area contributed by atoms with E-state index in [1.54, 1.807) is 6.20 Å². The molecule has 0 saturated heterocycles. The summed E-state index contributed by atoms with van der Waals surface area (Å²) < 4.78 is 1.99. The summed E-state index contributed by atoms with van der Waals surface area (Å²) in [5.41, 5.74) is 1.22. The minimum absolute atomic E-state index is 0.0362. The molecule has 2 unspecified atom stereocenters. The number of aryl methyl sites for hydroxylation is 1. The van der Waals surface area contributed by atoms with Gasteiger partial charge in [0.15, 0.2) is 0 Å². The lowest BCUT2D eigenvalue weighted by molar-refractivity contribution is 0.230. The molecule has 4 heteroatoms. The third-order valence-electron chi connectivity index (χ3n) is 3.28. The second kappa shape index (κ2) is 6.50. The van der Waals surface area contributed by atoms with E-state index in [0.29, 0.717) is 0 Å². The van der Waals surface area contributed by atoms with E-state index in [9.17, 15) is 5.11 Å². The maximum absolute atomic E-state index is 9.51. The van der Waals surface area contributed by atoms with Crippen LogP contribution in [0.5, 0.6) is 0 Å². The van der Waals surface area contributed by atoms with Gasteiger partial charge in [0.05, 0.1) is 12.6 Å². The number of nitrogens with zero attached hydrogens (tertiary/aromatic N) is 2. The number of benzene rings is 1. The van der Waals surface area contributed by atoms with E-state index in [1.807, 2.05) is 36.0 Å². The Labute approximate surface area is 114 Å². The Hall–Kier alpha value is -1.65. The Morgan fingerprint density at radius 3 is 2.63 bits per heavy atom. The molecule has 2 N–H and O–H groups in total. The first kappa shape index (κ1) is 13.8. The zero-order chi connectivity index (χ0) is 13.7. The van der Waals surface area contributed by atoms with Crippen molar-refractivity contribution in [3.8, 4) is 0 Å². The van der Waals surface area contributed by atoms with Crippen LogP contribution in [0.4, 0.5) is 0 Å². The van der Waals surface area contributed by atoms with Crippen molar-refractivity contribution in [2.45, 2.75) is 25.4 Å². The predicted molar refractivity (Wildman–Crippen MR) is 75.8 cm³/mol. The van der Waals surface area contributed by atoms with Gasteiger partial charge in [-0.2, -0.15) is 0 Å². The second-order valence-electron chi connectivity index (χ2n) is 4.85. The fraction of sp³-hybridized carbons (Fsp3) is 0.400. The first-order chi connectivity index (χ1) is 9.20. The van der Waals surface area contributed by atoms with Crippen LogP contribution < -0.4 is 5.32 Å². The fourth-order valence-corrected chi connectivity index (χ4v) is 2.30. The van der Waals surface area contributed by atoms with Crippen molar-refractivity contribution < 1.29 is 5.11 Å². The number of aliphatic hydroxyl groups excluding tert-OH is 1. The summed E-state index contributed by atoms with van der Waals surface area (Å²) in [4.78, 5) is 4.33. The highest BCUT2D eigenvalue weighted by Gasteiger charge is 2.15. The first-order valence-electron chi connectivity index (χ1n) is 6.58. The van der Waals surface area contributed by atoms with Crippen molar-refractivity contribution in [1.82, 2.24) is 14.9 Å². The maximum Gasteiger partial charge on any atom is 0.125 e. The summed E-state index contributed by atoms with van der Waals surface area (Å²) >= 11 is 0.